The van der Waals surface area contributed by atoms with Crippen molar-refractivity contribution < 1.29 is 9.53 Å². The van der Waals surface area contributed by atoms with Crippen LogP contribution in [0.2, 0.25) is 0 Å². The number of hydrogen-bond acceptors (Lipinski definition) is 6. The van der Waals surface area contributed by atoms with Gasteiger partial charge in [0.2, 0.25) is 5.91 Å². The molecular weight excluding hydrogens is 514 g/mol. The maximum atomic E-state index is 13.8. The highest BCUT2D eigenvalue weighted by Gasteiger charge is 2.26. The molecule has 8 heteroatoms. The third-order valence-electron chi connectivity index (χ3n) is 5.96. The first-order chi connectivity index (χ1) is 18.6. The molecule has 6 nitrogen and oxygen atoms in total. The van der Waals surface area contributed by atoms with Crippen LogP contribution in [0.3, 0.4) is 0 Å². The molecule has 1 atom stereocenters. The molecule has 0 aliphatic heterocycles. The number of allylic oxidation sites excluding steroid dienone is 1. The van der Waals surface area contributed by atoms with Crippen molar-refractivity contribution in [2.24, 2.45) is 0 Å². The highest BCUT2D eigenvalue weighted by Crippen LogP contribution is 2.38. The molecule has 5 aromatic rings. The van der Waals surface area contributed by atoms with Gasteiger partial charge in [0.25, 0.3) is 5.56 Å². The molecule has 0 aliphatic rings. The summed E-state index contributed by atoms with van der Waals surface area (Å²) >= 11 is 2.67. The van der Waals surface area contributed by atoms with Crippen LogP contribution >= 0.6 is 23.1 Å². The van der Waals surface area contributed by atoms with Crippen LogP contribution in [-0.2, 0) is 11.3 Å². The number of nitrogens with zero attached hydrogens (tertiary/aromatic N) is 2. The van der Waals surface area contributed by atoms with Gasteiger partial charge in [-0.25, -0.2) is 4.98 Å². The fourth-order valence-electron chi connectivity index (χ4n) is 4.13. The van der Waals surface area contributed by atoms with E-state index in [0.29, 0.717) is 26.8 Å². The van der Waals surface area contributed by atoms with Crippen molar-refractivity contribution in [2.75, 3.05) is 12.4 Å². The summed E-state index contributed by atoms with van der Waals surface area (Å²) in [5.74, 6) is 0.413. The summed E-state index contributed by atoms with van der Waals surface area (Å²) < 4.78 is 6.89. The Balaban J connectivity index is 1.57. The lowest BCUT2D eigenvalue weighted by Gasteiger charge is -2.19. The number of aromatic nitrogens is 2. The standard InChI is InChI=1S/C30H25N3O3S2/c1-3-17-33-29(35)25-24(20-11-6-4-7-12-20)19-37-28(25)32-30(33)38-26(21-13-8-5-9-14-21)27(34)31-22-15-10-16-23(18-22)36-2/h3-16,18-19,26H,1,17H2,2H3,(H,31,34)/t26-/m1/s1. The highest BCUT2D eigenvalue weighted by atomic mass is 32.2. The molecule has 2 heterocycles. The summed E-state index contributed by atoms with van der Waals surface area (Å²) in [6.07, 6.45) is 1.67. The van der Waals surface area contributed by atoms with Crippen molar-refractivity contribution >= 4 is 44.9 Å². The van der Waals surface area contributed by atoms with E-state index in [1.165, 1.54) is 23.1 Å². The zero-order valence-corrected chi connectivity index (χ0v) is 22.3. The van der Waals surface area contributed by atoms with Gasteiger partial charge in [0.15, 0.2) is 5.16 Å². The number of rotatable bonds is 9. The molecular formula is C30H25N3O3S2. The number of hydrogen-bond donors (Lipinski definition) is 1. The third-order valence-corrected chi connectivity index (χ3v) is 8.07. The average molecular weight is 540 g/mol. The highest BCUT2D eigenvalue weighted by molar-refractivity contribution is 8.00. The SMILES string of the molecule is C=CCn1c(S[C@@H](C(=O)Nc2cccc(OC)c2)c2ccccc2)nc2scc(-c3ccccc3)c2c1=O. The van der Waals surface area contributed by atoms with Crippen LogP contribution in [0.15, 0.2) is 113 Å². The van der Waals surface area contributed by atoms with E-state index in [0.717, 1.165) is 16.7 Å². The van der Waals surface area contributed by atoms with Crippen molar-refractivity contribution in [3.63, 3.8) is 0 Å². The molecule has 5 rings (SSSR count). The molecule has 190 valence electrons. The summed E-state index contributed by atoms with van der Waals surface area (Å²) in [6, 6.07) is 26.5. The first kappa shape index (κ1) is 25.5. The first-order valence-electron chi connectivity index (χ1n) is 11.9. The summed E-state index contributed by atoms with van der Waals surface area (Å²) in [5.41, 5.74) is 3.08. The number of ether oxygens (including phenoxy) is 1. The molecule has 1 amide bonds. The van der Waals surface area contributed by atoms with Gasteiger partial charge in [-0.15, -0.1) is 17.9 Å². The summed E-state index contributed by atoms with van der Waals surface area (Å²) in [5, 5.41) is 5.33. The van der Waals surface area contributed by atoms with E-state index in [1.807, 2.05) is 84.2 Å². The van der Waals surface area contributed by atoms with Crippen LogP contribution in [0.25, 0.3) is 21.3 Å². The summed E-state index contributed by atoms with van der Waals surface area (Å²) in [4.78, 5) is 32.9. The van der Waals surface area contributed by atoms with Gasteiger partial charge in [0.05, 0.1) is 12.5 Å². The van der Waals surface area contributed by atoms with Crippen molar-refractivity contribution in [3.05, 3.63) is 119 Å². The molecule has 0 radical (unpaired) electrons. The number of nitrogens with one attached hydrogen (secondary N) is 1. The van der Waals surface area contributed by atoms with Gasteiger partial charge in [-0.05, 0) is 23.3 Å². The molecule has 0 fully saturated rings. The van der Waals surface area contributed by atoms with E-state index in [2.05, 4.69) is 11.9 Å². The molecule has 38 heavy (non-hydrogen) atoms. The van der Waals surface area contributed by atoms with Gasteiger partial charge in [0, 0.05) is 29.2 Å². The van der Waals surface area contributed by atoms with Crippen LogP contribution in [0, 0.1) is 0 Å². The number of carbonyl (C=O) groups is 1. The Kier molecular flexibility index (Phi) is 7.72. The third kappa shape index (κ3) is 5.27. The fraction of sp³-hybridized carbons (Fsp3) is 0.100. The minimum Gasteiger partial charge on any atom is -0.497 e. The molecule has 1 N–H and O–H groups in total. The Hall–Kier alpha value is -4.14. The monoisotopic (exact) mass is 539 g/mol. The summed E-state index contributed by atoms with van der Waals surface area (Å²) in [7, 11) is 1.58. The quantitative estimate of drug-likeness (QED) is 0.127. The fourth-order valence-corrected chi connectivity index (χ4v) is 6.22. The molecule has 0 saturated carbocycles. The van der Waals surface area contributed by atoms with Crippen molar-refractivity contribution in [1.29, 1.82) is 0 Å². The van der Waals surface area contributed by atoms with Crippen molar-refractivity contribution in [3.8, 4) is 16.9 Å². The normalized spacial score (nSPS) is 11.7. The Morgan fingerprint density at radius 2 is 1.84 bits per heavy atom. The average Bonchev–Trinajstić information content (AvgIpc) is 3.39. The van der Waals surface area contributed by atoms with E-state index in [-0.39, 0.29) is 18.0 Å². The summed E-state index contributed by atoms with van der Waals surface area (Å²) in [6.45, 7) is 4.12. The molecule has 0 aliphatic carbocycles. The number of benzene rings is 3. The lowest BCUT2D eigenvalue weighted by atomic mass is 10.1. The Morgan fingerprint density at radius 1 is 1.11 bits per heavy atom. The lowest BCUT2D eigenvalue weighted by Crippen LogP contribution is -2.25. The van der Waals surface area contributed by atoms with Crippen LogP contribution in [0.1, 0.15) is 10.8 Å². The number of thioether (sulfide) groups is 1. The molecule has 0 bridgehead atoms. The Bertz CT molecular complexity index is 1650. The number of anilines is 1. The second-order valence-corrected chi connectivity index (χ2v) is 10.4. The zero-order valence-electron chi connectivity index (χ0n) is 20.7. The van der Waals surface area contributed by atoms with Crippen LogP contribution in [-0.4, -0.2) is 22.6 Å². The molecule has 0 spiro atoms. The van der Waals surface area contributed by atoms with Gasteiger partial charge in [-0.2, -0.15) is 0 Å². The Labute approximate surface area is 228 Å². The van der Waals surface area contributed by atoms with Gasteiger partial charge < -0.3 is 10.1 Å². The van der Waals surface area contributed by atoms with Gasteiger partial charge >= 0.3 is 0 Å². The molecule has 0 saturated heterocycles. The second kappa shape index (κ2) is 11.5. The maximum Gasteiger partial charge on any atom is 0.263 e. The van der Waals surface area contributed by atoms with Gasteiger partial charge in [-0.1, -0.05) is 84.6 Å². The molecule has 3 aromatic carbocycles. The van der Waals surface area contributed by atoms with Crippen LogP contribution < -0.4 is 15.6 Å². The number of carbonyl (C=O) groups excluding carboxylic acids is 1. The largest absolute Gasteiger partial charge is 0.497 e. The topological polar surface area (TPSA) is 73.2 Å². The number of amides is 1. The van der Waals surface area contributed by atoms with Crippen LogP contribution in [0.4, 0.5) is 5.69 Å². The van der Waals surface area contributed by atoms with Crippen molar-refractivity contribution in [1.82, 2.24) is 9.55 Å². The van der Waals surface area contributed by atoms with E-state index in [4.69, 9.17) is 9.72 Å². The predicted molar refractivity (Wildman–Crippen MR) is 156 cm³/mol. The number of methoxy groups -OCH3 is 1. The first-order valence-corrected chi connectivity index (χ1v) is 13.7. The van der Waals surface area contributed by atoms with Crippen LogP contribution in [0.5, 0.6) is 5.75 Å². The smallest absolute Gasteiger partial charge is 0.263 e. The predicted octanol–water partition coefficient (Wildman–Crippen LogP) is 6.79. The Morgan fingerprint density at radius 3 is 2.55 bits per heavy atom. The number of thiophene rings is 1. The molecule has 0 unspecified atom stereocenters. The maximum absolute atomic E-state index is 13.8. The van der Waals surface area contributed by atoms with E-state index >= 15 is 0 Å². The van der Waals surface area contributed by atoms with Gasteiger partial charge in [0.1, 0.15) is 15.8 Å². The zero-order chi connectivity index (χ0) is 26.5. The lowest BCUT2D eigenvalue weighted by molar-refractivity contribution is -0.115. The van der Waals surface area contributed by atoms with Gasteiger partial charge in [-0.3, -0.25) is 14.2 Å². The van der Waals surface area contributed by atoms with Crippen molar-refractivity contribution in [2.45, 2.75) is 17.0 Å². The number of fused-ring (bicyclic) bond motifs is 1. The van der Waals surface area contributed by atoms with E-state index in [1.54, 1.807) is 23.8 Å². The second-order valence-electron chi connectivity index (χ2n) is 8.42. The van der Waals surface area contributed by atoms with E-state index in [9.17, 15) is 9.59 Å². The minimum absolute atomic E-state index is 0.155. The van der Waals surface area contributed by atoms with E-state index < -0.39 is 5.25 Å². The minimum atomic E-state index is -0.656. The molecule has 2 aromatic heterocycles.